The van der Waals surface area contributed by atoms with Gasteiger partial charge < -0.3 is 4.74 Å². The highest BCUT2D eigenvalue weighted by Gasteiger charge is 2.24. The summed E-state index contributed by atoms with van der Waals surface area (Å²) in [5, 5.41) is 0.318. The summed E-state index contributed by atoms with van der Waals surface area (Å²) in [5.41, 5.74) is 0.0579. The molecule has 0 bridgehead atoms. The lowest BCUT2D eigenvalue weighted by Gasteiger charge is -2.24. The van der Waals surface area contributed by atoms with E-state index in [0.29, 0.717) is 16.9 Å². The van der Waals surface area contributed by atoms with Gasteiger partial charge in [0, 0.05) is 10.6 Å². The fourth-order valence-electron chi connectivity index (χ4n) is 1.48. The van der Waals surface area contributed by atoms with E-state index in [9.17, 15) is 13.6 Å². The standard InChI is InChI=1S/C12H13ClF2O2/c1-12(2,3)9-5-8(13)4-7(6-16)10(9)17-11(14)15/h4-6,11H,1-3H3. The van der Waals surface area contributed by atoms with Crippen molar-refractivity contribution in [1.29, 1.82) is 0 Å². The second kappa shape index (κ2) is 5.00. The zero-order valence-electron chi connectivity index (χ0n) is 9.76. The van der Waals surface area contributed by atoms with E-state index in [0.717, 1.165) is 0 Å². The van der Waals surface area contributed by atoms with Crippen LogP contribution in [-0.2, 0) is 5.41 Å². The third-order valence-corrected chi connectivity index (χ3v) is 2.44. The summed E-state index contributed by atoms with van der Waals surface area (Å²) in [7, 11) is 0. The number of benzene rings is 1. The topological polar surface area (TPSA) is 26.3 Å². The minimum Gasteiger partial charge on any atom is -0.434 e. The molecule has 0 aliphatic rings. The highest BCUT2D eigenvalue weighted by atomic mass is 35.5. The molecule has 0 aromatic heterocycles. The lowest BCUT2D eigenvalue weighted by Crippen LogP contribution is -2.16. The van der Waals surface area contributed by atoms with Crippen molar-refractivity contribution in [2.75, 3.05) is 0 Å². The quantitative estimate of drug-likeness (QED) is 0.768. The van der Waals surface area contributed by atoms with Crippen molar-refractivity contribution in [3.63, 3.8) is 0 Å². The summed E-state index contributed by atoms with van der Waals surface area (Å²) in [6, 6.07) is 2.84. The second-order valence-electron chi connectivity index (χ2n) is 4.62. The minimum absolute atomic E-state index is 0.0303. The summed E-state index contributed by atoms with van der Waals surface area (Å²) in [5.74, 6) is -0.105. The number of carbonyl (C=O) groups is 1. The Kier molecular flexibility index (Phi) is 4.09. The van der Waals surface area contributed by atoms with Crippen molar-refractivity contribution in [2.24, 2.45) is 0 Å². The van der Waals surface area contributed by atoms with E-state index in [2.05, 4.69) is 4.74 Å². The van der Waals surface area contributed by atoms with Crippen molar-refractivity contribution in [2.45, 2.75) is 32.8 Å². The van der Waals surface area contributed by atoms with Crippen molar-refractivity contribution >= 4 is 17.9 Å². The first kappa shape index (κ1) is 13.9. The molecule has 0 fully saturated rings. The maximum Gasteiger partial charge on any atom is 0.387 e. The number of rotatable bonds is 3. The van der Waals surface area contributed by atoms with Crippen LogP contribution in [0.15, 0.2) is 12.1 Å². The van der Waals surface area contributed by atoms with Gasteiger partial charge in [0.05, 0.1) is 5.56 Å². The maximum atomic E-state index is 12.3. The number of carbonyl (C=O) groups excluding carboxylic acids is 1. The van der Waals surface area contributed by atoms with Gasteiger partial charge >= 0.3 is 6.61 Å². The molecule has 0 aliphatic carbocycles. The Hall–Kier alpha value is -1.16. The van der Waals surface area contributed by atoms with Crippen molar-refractivity contribution in [3.8, 4) is 5.75 Å². The van der Waals surface area contributed by atoms with Gasteiger partial charge in [-0.05, 0) is 17.5 Å². The van der Waals surface area contributed by atoms with Crippen LogP contribution in [-0.4, -0.2) is 12.9 Å². The molecule has 0 amide bonds. The zero-order chi connectivity index (χ0) is 13.2. The van der Waals surface area contributed by atoms with Gasteiger partial charge in [-0.15, -0.1) is 0 Å². The number of hydrogen-bond donors (Lipinski definition) is 0. The molecule has 0 aliphatic heterocycles. The molecule has 0 unspecified atom stereocenters. The summed E-state index contributed by atoms with van der Waals surface area (Å²) >= 11 is 5.84. The minimum atomic E-state index is -2.98. The van der Waals surface area contributed by atoms with Gasteiger partial charge in [-0.25, -0.2) is 0 Å². The molecule has 0 N–H and O–H groups in total. The Balaban J connectivity index is 3.44. The van der Waals surface area contributed by atoms with Crippen LogP contribution in [0.2, 0.25) is 5.02 Å². The molecule has 0 atom stereocenters. The number of ether oxygens (including phenoxy) is 1. The van der Waals surface area contributed by atoms with E-state index < -0.39 is 12.0 Å². The van der Waals surface area contributed by atoms with Gasteiger partial charge in [-0.3, -0.25) is 4.79 Å². The monoisotopic (exact) mass is 262 g/mol. The number of aldehydes is 1. The third kappa shape index (κ3) is 3.40. The Morgan fingerprint density at radius 1 is 1.35 bits per heavy atom. The van der Waals surface area contributed by atoms with Crippen LogP contribution in [0.1, 0.15) is 36.7 Å². The average Bonchev–Trinajstić information content (AvgIpc) is 2.17. The van der Waals surface area contributed by atoms with E-state index in [1.54, 1.807) is 0 Å². The normalized spacial score (nSPS) is 11.7. The molecule has 5 heteroatoms. The molecule has 0 saturated carbocycles. The van der Waals surface area contributed by atoms with Gasteiger partial charge in [-0.2, -0.15) is 8.78 Å². The highest BCUT2D eigenvalue weighted by Crippen LogP contribution is 2.36. The van der Waals surface area contributed by atoms with Crippen LogP contribution in [0.4, 0.5) is 8.78 Å². The van der Waals surface area contributed by atoms with E-state index in [4.69, 9.17) is 11.6 Å². The third-order valence-electron chi connectivity index (χ3n) is 2.22. The first-order valence-electron chi connectivity index (χ1n) is 4.99. The van der Waals surface area contributed by atoms with Gasteiger partial charge in [0.15, 0.2) is 6.29 Å². The van der Waals surface area contributed by atoms with Gasteiger partial charge in [0.2, 0.25) is 0 Å². The number of alkyl halides is 2. The second-order valence-corrected chi connectivity index (χ2v) is 5.05. The number of hydrogen-bond acceptors (Lipinski definition) is 2. The molecule has 0 heterocycles. The van der Waals surface area contributed by atoms with E-state index in [-0.39, 0.29) is 11.3 Å². The van der Waals surface area contributed by atoms with E-state index in [1.807, 2.05) is 20.8 Å². The molecular weight excluding hydrogens is 250 g/mol. The lowest BCUT2D eigenvalue weighted by atomic mass is 9.85. The molecule has 1 aromatic rings. The SMILES string of the molecule is CC(C)(C)c1cc(Cl)cc(C=O)c1OC(F)F. The Morgan fingerprint density at radius 2 is 1.94 bits per heavy atom. The molecule has 1 rings (SSSR count). The Bertz CT molecular complexity index is 425. The summed E-state index contributed by atoms with van der Waals surface area (Å²) in [6.07, 6.45) is 0.457. The highest BCUT2D eigenvalue weighted by molar-refractivity contribution is 6.31. The van der Waals surface area contributed by atoms with Gasteiger partial charge in [0.25, 0.3) is 0 Å². The fourth-order valence-corrected chi connectivity index (χ4v) is 1.71. The van der Waals surface area contributed by atoms with Crippen LogP contribution >= 0.6 is 11.6 Å². The zero-order valence-corrected chi connectivity index (χ0v) is 10.5. The molecule has 94 valence electrons. The molecule has 0 radical (unpaired) electrons. The molecular formula is C12H13ClF2O2. The smallest absolute Gasteiger partial charge is 0.387 e. The van der Waals surface area contributed by atoms with Crippen molar-refractivity contribution < 1.29 is 18.3 Å². The van der Waals surface area contributed by atoms with Crippen LogP contribution in [0.5, 0.6) is 5.75 Å². The first-order valence-corrected chi connectivity index (χ1v) is 5.37. The molecule has 0 saturated heterocycles. The Labute approximate surface area is 104 Å². The van der Waals surface area contributed by atoms with Crippen molar-refractivity contribution in [1.82, 2.24) is 0 Å². The largest absolute Gasteiger partial charge is 0.434 e. The summed E-state index contributed by atoms with van der Waals surface area (Å²) < 4.78 is 29.1. The van der Waals surface area contributed by atoms with Crippen molar-refractivity contribution in [3.05, 3.63) is 28.3 Å². The average molecular weight is 263 g/mol. The fraction of sp³-hybridized carbons (Fsp3) is 0.417. The van der Waals surface area contributed by atoms with Crippen LogP contribution in [0.3, 0.4) is 0 Å². The molecule has 2 nitrogen and oxygen atoms in total. The van der Waals surface area contributed by atoms with E-state index >= 15 is 0 Å². The van der Waals surface area contributed by atoms with E-state index in [1.165, 1.54) is 12.1 Å². The van der Waals surface area contributed by atoms with Crippen LogP contribution < -0.4 is 4.74 Å². The predicted molar refractivity (Wildman–Crippen MR) is 62.2 cm³/mol. The Morgan fingerprint density at radius 3 is 2.35 bits per heavy atom. The van der Waals surface area contributed by atoms with Crippen LogP contribution in [0, 0.1) is 0 Å². The summed E-state index contributed by atoms with van der Waals surface area (Å²) in [6.45, 7) is 2.50. The van der Waals surface area contributed by atoms with Crippen LogP contribution in [0.25, 0.3) is 0 Å². The lowest BCUT2D eigenvalue weighted by molar-refractivity contribution is -0.0510. The predicted octanol–water partition coefficient (Wildman–Crippen LogP) is 4.05. The first-order chi connectivity index (χ1) is 7.75. The van der Waals surface area contributed by atoms with Gasteiger partial charge in [0.1, 0.15) is 5.75 Å². The maximum absolute atomic E-state index is 12.3. The summed E-state index contributed by atoms with van der Waals surface area (Å²) in [4.78, 5) is 10.9. The number of halogens is 3. The molecule has 1 aromatic carbocycles. The van der Waals surface area contributed by atoms with Gasteiger partial charge in [-0.1, -0.05) is 32.4 Å². The molecule has 17 heavy (non-hydrogen) atoms. The molecule has 0 spiro atoms.